The van der Waals surface area contributed by atoms with Crippen molar-refractivity contribution in [2.24, 2.45) is 7.05 Å². The van der Waals surface area contributed by atoms with Gasteiger partial charge in [0, 0.05) is 34.5 Å². The fourth-order valence-corrected chi connectivity index (χ4v) is 3.02. The first kappa shape index (κ1) is 12.9. The normalized spacial score (nSPS) is 10.9. The second kappa shape index (κ2) is 5.13. The van der Waals surface area contributed by atoms with Crippen LogP contribution in [0.5, 0.6) is 0 Å². The summed E-state index contributed by atoms with van der Waals surface area (Å²) in [7, 11) is 1.75. The van der Waals surface area contributed by atoms with Crippen LogP contribution in [0.4, 0.5) is 0 Å². The van der Waals surface area contributed by atoms with Crippen molar-refractivity contribution < 1.29 is 0 Å². The molecule has 100 valence electrons. The van der Waals surface area contributed by atoms with Gasteiger partial charge >= 0.3 is 0 Å². The van der Waals surface area contributed by atoms with Crippen molar-refractivity contribution >= 4 is 22.8 Å². The van der Waals surface area contributed by atoms with E-state index in [1.807, 2.05) is 12.1 Å². The first-order valence-electron chi connectivity index (χ1n) is 6.34. The van der Waals surface area contributed by atoms with Gasteiger partial charge in [0.2, 0.25) is 0 Å². The van der Waals surface area contributed by atoms with E-state index in [0.717, 1.165) is 20.8 Å². The molecule has 0 fully saturated rings. The molecule has 2 aromatic heterocycles. The lowest BCUT2D eigenvalue weighted by atomic mass is 10.2. The lowest BCUT2D eigenvalue weighted by molar-refractivity contribution is 0.880. The molecule has 0 unspecified atom stereocenters. The molecule has 0 bridgehead atoms. The molecular weight excluding hydrogens is 268 g/mol. The molecule has 0 saturated heterocycles. The number of benzene rings is 1. The first-order chi connectivity index (χ1) is 9.65. The Balaban J connectivity index is 2.14. The van der Waals surface area contributed by atoms with Gasteiger partial charge < -0.3 is 0 Å². The Morgan fingerprint density at radius 3 is 2.65 bits per heavy atom. The van der Waals surface area contributed by atoms with E-state index in [-0.39, 0.29) is 5.56 Å². The standard InChI is InChI=1S/C16H14N2OS/c1-11-5-7-12(8-6-11)20-14-10-15(19)18(2)16-13(14)4-3-9-17-16/h3-10H,1-2H3. The predicted molar refractivity (Wildman–Crippen MR) is 82.3 cm³/mol. The highest BCUT2D eigenvalue weighted by molar-refractivity contribution is 7.99. The van der Waals surface area contributed by atoms with Gasteiger partial charge in [0.25, 0.3) is 5.56 Å². The summed E-state index contributed by atoms with van der Waals surface area (Å²) in [6, 6.07) is 13.9. The predicted octanol–water partition coefficient (Wildman–Crippen LogP) is 3.39. The minimum atomic E-state index is -0.0363. The molecule has 3 nitrogen and oxygen atoms in total. The minimum Gasteiger partial charge on any atom is -0.296 e. The number of aromatic nitrogens is 2. The van der Waals surface area contributed by atoms with Crippen LogP contribution < -0.4 is 5.56 Å². The fraction of sp³-hybridized carbons (Fsp3) is 0.125. The quantitative estimate of drug-likeness (QED) is 0.722. The Kier molecular flexibility index (Phi) is 3.32. The highest BCUT2D eigenvalue weighted by Crippen LogP contribution is 2.31. The molecule has 20 heavy (non-hydrogen) atoms. The van der Waals surface area contributed by atoms with E-state index < -0.39 is 0 Å². The Bertz CT molecular complexity index is 822. The molecule has 3 aromatic rings. The maximum Gasteiger partial charge on any atom is 0.253 e. The monoisotopic (exact) mass is 282 g/mol. The summed E-state index contributed by atoms with van der Waals surface area (Å²) < 4.78 is 1.58. The molecule has 0 aliphatic rings. The average molecular weight is 282 g/mol. The molecule has 0 N–H and O–H groups in total. The molecule has 1 aromatic carbocycles. The molecule has 0 aliphatic carbocycles. The van der Waals surface area contributed by atoms with Crippen molar-refractivity contribution in [3.63, 3.8) is 0 Å². The van der Waals surface area contributed by atoms with Crippen molar-refractivity contribution in [2.45, 2.75) is 16.7 Å². The molecular formula is C16H14N2OS. The maximum absolute atomic E-state index is 12.0. The van der Waals surface area contributed by atoms with Crippen LogP contribution in [0.2, 0.25) is 0 Å². The largest absolute Gasteiger partial charge is 0.296 e. The van der Waals surface area contributed by atoms with Crippen molar-refractivity contribution in [1.29, 1.82) is 0 Å². The third-order valence-corrected chi connectivity index (χ3v) is 4.27. The summed E-state index contributed by atoms with van der Waals surface area (Å²) in [5, 5.41) is 1.00. The van der Waals surface area contributed by atoms with Gasteiger partial charge in [-0.05, 0) is 31.2 Å². The van der Waals surface area contributed by atoms with Gasteiger partial charge in [-0.25, -0.2) is 4.98 Å². The summed E-state index contributed by atoms with van der Waals surface area (Å²) in [6.45, 7) is 2.06. The van der Waals surface area contributed by atoms with Crippen molar-refractivity contribution in [2.75, 3.05) is 0 Å². The molecule has 4 heteroatoms. The van der Waals surface area contributed by atoms with E-state index in [4.69, 9.17) is 0 Å². The highest BCUT2D eigenvalue weighted by Gasteiger charge is 2.08. The van der Waals surface area contributed by atoms with E-state index in [0.29, 0.717) is 0 Å². The van der Waals surface area contributed by atoms with E-state index in [2.05, 4.69) is 36.2 Å². The molecule has 0 saturated carbocycles. The molecule has 0 atom stereocenters. The third-order valence-electron chi connectivity index (χ3n) is 3.20. The SMILES string of the molecule is Cc1ccc(Sc2cc(=O)n(C)c3ncccc23)cc1. The molecule has 3 rings (SSSR count). The summed E-state index contributed by atoms with van der Waals surface area (Å²) >= 11 is 1.60. The second-order valence-corrected chi connectivity index (χ2v) is 5.81. The van der Waals surface area contributed by atoms with Crippen molar-refractivity contribution in [1.82, 2.24) is 9.55 Å². The zero-order valence-electron chi connectivity index (χ0n) is 11.3. The van der Waals surface area contributed by atoms with Crippen LogP contribution in [0.1, 0.15) is 5.56 Å². The number of rotatable bonds is 2. The van der Waals surface area contributed by atoms with Gasteiger partial charge in [-0.2, -0.15) is 0 Å². The van der Waals surface area contributed by atoms with Crippen LogP contribution in [0.15, 0.2) is 63.2 Å². The van der Waals surface area contributed by atoms with E-state index in [1.54, 1.807) is 35.6 Å². The van der Waals surface area contributed by atoms with E-state index >= 15 is 0 Å². The van der Waals surface area contributed by atoms with Crippen LogP contribution >= 0.6 is 11.8 Å². The summed E-state index contributed by atoms with van der Waals surface area (Å²) in [5.74, 6) is 0. The summed E-state index contributed by atoms with van der Waals surface area (Å²) in [6.07, 6.45) is 1.71. The summed E-state index contributed by atoms with van der Waals surface area (Å²) in [4.78, 5) is 18.4. The van der Waals surface area contributed by atoms with Crippen LogP contribution in [0.3, 0.4) is 0 Å². The van der Waals surface area contributed by atoms with Crippen LogP contribution in [-0.4, -0.2) is 9.55 Å². The molecule has 0 spiro atoms. The summed E-state index contributed by atoms with van der Waals surface area (Å²) in [5.41, 5.74) is 1.91. The topological polar surface area (TPSA) is 34.9 Å². The fourth-order valence-electron chi connectivity index (χ4n) is 2.07. The molecule has 2 heterocycles. The number of hydrogen-bond donors (Lipinski definition) is 0. The van der Waals surface area contributed by atoms with Gasteiger partial charge in [0.05, 0.1) is 0 Å². The number of aryl methyl sites for hydroxylation is 2. The van der Waals surface area contributed by atoms with Crippen LogP contribution in [-0.2, 0) is 7.05 Å². The minimum absolute atomic E-state index is 0.0363. The Morgan fingerprint density at radius 2 is 1.90 bits per heavy atom. The van der Waals surface area contributed by atoms with Crippen LogP contribution in [0.25, 0.3) is 11.0 Å². The van der Waals surface area contributed by atoms with Gasteiger partial charge in [-0.3, -0.25) is 9.36 Å². The van der Waals surface area contributed by atoms with Crippen molar-refractivity contribution in [3.05, 3.63) is 64.6 Å². The number of hydrogen-bond acceptors (Lipinski definition) is 3. The van der Waals surface area contributed by atoms with E-state index in [9.17, 15) is 4.79 Å². The third kappa shape index (κ3) is 2.34. The second-order valence-electron chi connectivity index (χ2n) is 4.70. The van der Waals surface area contributed by atoms with Gasteiger partial charge in [0.1, 0.15) is 5.65 Å². The zero-order chi connectivity index (χ0) is 14.1. The van der Waals surface area contributed by atoms with Crippen LogP contribution in [0, 0.1) is 6.92 Å². The molecule has 0 amide bonds. The van der Waals surface area contributed by atoms with Crippen molar-refractivity contribution in [3.8, 4) is 0 Å². The number of pyridine rings is 2. The highest BCUT2D eigenvalue weighted by atomic mass is 32.2. The number of nitrogens with zero attached hydrogens (tertiary/aromatic N) is 2. The first-order valence-corrected chi connectivity index (χ1v) is 7.16. The lowest BCUT2D eigenvalue weighted by Gasteiger charge is -2.08. The Hall–Kier alpha value is -2.07. The molecule has 0 radical (unpaired) electrons. The van der Waals surface area contributed by atoms with Gasteiger partial charge in [-0.15, -0.1) is 0 Å². The lowest BCUT2D eigenvalue weighted by Crippen LogP contribution is -2.16. The van der Waals surface area contributed by atoms with Gasteiger partial charge in [-0.1, -0.05) is 29.5 Å². The zero-order valence-corrected chi connectivity index (χ0v) is 12.1. The number of fused-ring (bicyclic) bond motifs is 1. The average Bonchev–Trinajstić information content (AvgIpc) is 2.47. The Morgan fingerprint density at radius 1 is 1.15 bits per heavy atom. The molecule has 0 aliphatic heterocycles. The van der Waals surface area contributed by atoms with E-state index in [1.165, 1.54) is 5.56 Å². The smallest absolute Gasteiger partial charge is 0.253 e. The Labute approximate surface area is 121 Å². The van der Waals surface area contributed by atoms with Gasteiger partial charge in [0.15, 0.2) is 0 Å². The maximum atomic E-state index is 12.0.